The number of benzene rings is 2. The number of halogens is 3. The van der Waals surface area contributed by atoms with Crippen molar-refractivity contribution in [3.63, 3.8) is 0 Å². The quantitative estimate of drug-likeness (QED) is 0.469. The van der Waals surface area contributed by atoms with Crippen LogP contribution in [0, 0.1) is 0 Å². The summed E-state index contributed by atoms with van der Waals surface area (Å²) in [5.74, 6) is 0.0851. The molecule has 1 amide bonds. The molecule has 2 aromatic carbocycles. The maximum absolute atomic E-state index is 12.2. The molecule has 0 bridgehead atoms. The number of hydrogen-bond donors (Lipinski definition) is 4. The molecule has 0 unspecified atom stereocenters. The van der Waals surface area contributed by atoms with Crippen LogP contribution in [0.2, 0.25) is 0 Å². The molecule has 0 aliphatic rings. The fourth-order valence-corrected chi connectivity index (χ4v) is 2.45. The Labute approximate surface area is 169 Å². The van der Waals surface area contributed by atoms with Crippen molar-refractivity contribution >= 4 is 40.3 Å². The second-order valence-electron chi connectivity index (χ2n) is 6.07. The Morgan fingerprint density at radius 2 is 1.37 bits per heavy atom. The van der Waals surface area contributed by atoms with Crippen molar-refractivity contribution < 1.29 is 22.7 Å². The first-order valence-corrected chi connectivity index (χ1v) is 8.57. The molecule has 1 heterocycles. The number of nitrogens with one attached hydrogen (secondary N) is 3. The summed E-state index contributed by atoms with van der Waals surface area (Å²) in [6.07, 6.45) is -3.47. The molecule has 5 N–H and O–H groups in total. The molecule has 30 heavy (non-hydrogen) atoms. The third kappa shape index (κ3) is 5.74. The van der Waals surface area contributed by atoms with Gasteiger partial charge in [-0.05, 0) is 48.5 Å². The van der Waals surface area contributed by atoms with Gasteiger partial charge in [-0.2, -0.15) is 0 Å². The van der Waals surface area contributed by atoms with E-state index in [4.69, 9.17) is 5.73 Å². The minimum atomic E-state index is -4.76. The van der Waals surface area contributed by atoms with E-state index in [1.54, 1.807) is 24.3 Å². The van der Waals surface area contributed by atoms with Gasteiger partial charge in [0.05, 0.1) is 0 Å². The first-order chi connectivity index (χ1) is 14.2. The van der Waals surface area contributed by atoms with Crippen LogP contribution in [0.4, 0.5) is 47.6 Å². The molecule has 0 fully saturated rings. The van der Waals surface area contributed by atoms with E-state index in [-0.39, 0.29) is 23.2 Å². The Balaban J connectivity index is 1.71. The molecule has 0 saturated heterocycles. The van der Waals surface area contributed by atoms with E-state index in [1.807, 2.05) is 0 Å². The van der Waals surface area contributed by atoms with Crippen LogP contribution < -0.4 is 26.4 Å². The van der Waals surface area contributed by atoms with Gasteiger partial charge < -0.3 is 26.4 Å². The van der Waals surface area contributed by atoms with Crippen molar-refractivity contribution in [2.75, 3.05) is 21.7 Å². The molecule has 156 valence electrons. The number of carbonyl (C=O) groups is 1. The molecule has 8 nitrogen and oxygen atoms in total. The summed E-state index contributed by atoms with van der Waals surface area (Å²) >= 11 is 0. The van der Waals surface area contributed by atoms with E-state index < -0.39 is 6.36 Å². The molecule has 1 aromatic heterocycles. The van der Waals surface area contributed by atoms with E-state index in [0.717, 1.165) is 0 Å². The Morgan fingerprint density at radius 1 is 0.900 bits per heavy atom. The van der Waals surface area contributed by atoms with Crippen LogP contribution in [0.3, 0.4) is 0 Å². The minimum absolute atomic E-state index is 0.176. The van der Waals surface area contributed by atoms with E-state index in [0.29, 0.717) is 22.9 Å². The minimum Gasteiger partial charge on any atom is -0.406 e. The second kappa shape index (κ2) is 8.55. The van der Waals surface area contributed by atoms with E-state index >= 15 is 0 Å². The van der Waals surface area contributed by atoms with Crippen molar-refractivity contribution in [1.29, 1.82) is 0 Å². The highest BCUT2D eigenvalue weighted by molar-refractivity contribution is 5.89. The Hall–Kier alpha value is -4.02. The number of nitrogens with two attached hydrogens (primary N) is 1. The van der Waals surface area contributed by atoms with E-state index in [2.05, 4.69) is 30.7 Å². The van der Waals surface area contributed by atoms with Gasteiger partial charge >= 0.3 is 6.36 Å². The van der Waals surface area contributed by atoms with Crippen LogP contribution in [-0.2, 0) is 4.79 Å². The zero-order valence-electron chi connectivity index (χ0n) is 15.6. The largest absolute Gasteiger partial charge is 0.573 e. The number of anilines is 6. The number of ether oxygens (including phenoxy) is 1. The predicted octanol–water partition coefficient (Wildman–Crippen LogP) is 4.40. The highest BCUT2D eigenvalue weighted by atomic mass is 19.4. The predicted molar refractivity (Wildman–Crippen MR) is 107 cm³/mol. The van der Waals surface area contributed by atoms with Gasteiger partial charge in [0.2, 0.25) is 5.91 Å². The van der Waals surface area contributed by atoms with Gasteiger partial charge in [0.15, 0.2) is 11.6 Å². The van der Waals surface area contributed by atoms with E-state index in [9.17, 15) is 18.0 Å². The number of carbonyl (C=O) groups excluding carboxylic acids is 1. The molecule has 0 spiro atoms. The number of hydrogen-bond acceptors (Lipinski definition) is 7. The lowest BCUT2D eigenvalue weighted by molar-refractivity contribution is -0.274. The van der Waals surface area contributed by atoms with Crippen molar-refractivity contribution in [3.8, 4) is 5.75 Å². The van der Waals surface area contributed by atoms with Crippen LogP contribution in [0.5, 0.6) is 5.75 Å². The number of nitrogen functional groups attached to an aromatic ring is 1. The summed E-state index contributed by atoms with van der Waals surface area (Å²) < 4.78 is 40.6. The van der Waals surface area contributed by atoms with E-state index in [1.165, 1.54) is 37.5 Å². The zero-order chi connectivity index (χ0) is 21.7. The summed E-state index contributed by atoms with van der Waals surface area (Å²) in [4.78, 5) is 19.2. The maximum Gasteiger partial charge on any atom is 0.573 e. The van der Waals surface area contributed by atoms with Crippen LogP contribution >= 0.6 is 0 Å². The van der Waals surface area contributed by atoms with Gasteiger partial charge in [-0.1, -0.05) is 0 Å². The standard InChI is InChI=1S/C19H17F3N6O2/c1-11(29)26-12-2-4-13(5-3-12)27-17-16(23)18(25-10-24-17)28-14-6-8-15(9-7-14)30-19(20,21)22/h2-10H,23H2,1H3,(H,26,29)(H2,24,25,27,28). The molecule has 0 saturated carbocycles. The lowest BCUT2D eigenvalue weighted by Crippen LogP contribution is -2.17. The monoisotopic (exact) mass is 418 g/mol. The van der Waals surface area contributed by atoms with Gasteiger partial charge in [-0.3, -0.25) is 4.79 Å². The highest BCUT2D eigenvalue weighted by Gasteiger charge is 2.30. The van der Waals surface area contributed by atoms with Gasteiger partial charge in [-0.15, -0.1) is 13.2 Å². The van der Waals surface area contributed by atoms with Crippen LogP contribution in [0.1, 0.15) is 6.92 Å². The molecule has 3 aromatic rings. The molecule has 3 rings (SSSR count). The Morgan fingerprint density at radius 3 is 1.83 bits per heavy atom. The van der Waals surface area contributed by atoms with Crippen molar-refractivity contribution in [2.45, 2.75) is 13.3 Å². The van der Waals surface area contributed by atoms with Crippen LogP contribution in [-0.4, -0.2) is 22.2 Å². The number of aromatic nitrogens is 2. The topological polar surface area (TPSA) is 114 Å². The smallest absolute Gasteiger partial charge is 0.406 e. The summed E-state index contributed by atoms with van der Waals surface area (Å²) in [7, 11) is 0. The Kier molecular flexibility index (Phi) is 5.90. The van der Waals surface area contributed by atoms with Gasteiger partial charge in [0.25, 0.3) is 0 Å². The molecule has 0 aliphatic carbocycles. The second-order valence-corrected chi connectivity index (χ2v) is 6.07. The third-order valence-corrected chi connectivity index (χ3v) is 3.70. The number of nitrogens with zero attached hydrogens (tertiary/aromatic N) is 2. The lowest BCUT2D eigenvalue weighted by atomic mass is 10.2. The first kappa shape index (κ1) is 20.7. The van der Waals surface area contributed by atoms with Gasteiger partial charge in [-0.25, -0.2) is 9.97 Å². The average molecular weight is 418 g/mol. The third-order valence-electron chi connectivity index (χ3n) is 3.70. The molecule has 0 radical (unpaired) electrons. The normalized spacial score (nSPS) is 10.9. The zero-order valence-corrected chi connectivity index (χ0v) is 15.6. The summed E-state index contributed by atoms with van der Waals surface area (Å²) in [5.41, 5.74) is 8.09. The van der Waals surface area contributed by atoms with Crippen molar-refractivity contribution in [3.05, 3.63) is 54.9 Å². The SMILES string of the molecule is CC(=O)Nc1ccc(Nc2ncnc(Nc3ccc(OC(F)(F)F)cc3)c2N)cc1. The molecule has 0 aliphatic heterocycles. The maximum atomic E-state index is 12.2. The first-order valence-electron chi connectivity index (χ1n) is 8.57. The fraction of sp³-hybridized carbons (Fsp3) is 0.105. The molecule has 11 heteroatoms. The van der Waals surface area contributed by atoms with Gasteiger partial charge in [0, 0.05) is 24.0 Å². The highest BCUT2D eigenvalue weighted by Crippen LogP contribution is 2.30. The van der Waals surface area contributed by atoms with Crippen LogP contribution in [0.15, 0.2) is 54.9 Å². The number of alkyl halides is 3. The average Bonchev–Trinajstić information content (AvgIpc) is 2.66. The summed E-state index contributed by atoms with van der Waals surface area (Å²) in [6, 6.07) is 12.0. The van der Waals surface area contributed by atoms with Gasteiger partial charge in [0.1, 0.15) is 17.8 Å². The van der Waals surface area contributed by atoms with Crippen LogP contribution in [0.25, 0.3) is 0 Å². The fourth-order valence-electron chi connectivity index (χ4n) is 2.45. The molecular weight excluding hydrogens is 401 g/mol. The number of amides is 1. The number of rotatable bonds is 6. The lowest BCUT2D eigenvalue weighted by Gasteiger charge is -2.13. The molecular formula is C19H17F3N6O2. The Bertz CT molecular complexity index is 1020. The van der Waals surface area contributed by atoms with Crippen molar-refractivity contribution in [2.24, 2.45) is 0 Å². The summed E-state index contributed by atoms with van der Waals surface area (Å²) in [6.45, 7) is 1.42. The molecule has 0 atom stereocenters. The summed E-state index contributed by atoms with van der Waals surface area (Å²) in [5, 5.41) is 8.62. The van der Waals surface area contributed by atoms with Crippen molar-refractivity contribution in [1.82, 2.24) is 9.97 Å².